The van der Waals surface area contributed by atoms with E-state index in [9.17, 15) is 9.59 Å². The Morgan fingerprint density at radius 2 is 1.55 bits per heavy atom. The summed E-state index contributed by atoms with van der Waals surface area (Å²) in [4.78, 5) is 24.7. The van der Waals surface area contributed by atoms with E-state index >= 15 is 0 Å². The quantitative estimate of drug-likeness (QED) is 0.518. The van der Waals surface area contributed by atoms with Crippen LogP contribution in [0, 0.1) is 0 Å². The van der Waals surface area contributed by atoms with E-state index in [1.54, 1.807) is 5.01 Å². The van der Waals surface area contributed by atoms with Crippen LogP contribution in [0.4, 0.5) is 0 Å². The molecule has 166 valence electrons. The molecule has 1 saturated heterocycles. The van der Waals surface area contributed by atoms with Crippen LogP contribution in [0.1, 0.15) is 30.4 Å². The second kappa shape index (κ2) is 12.2. The highest BCUT2D eigenvalue weighted by molar-refractivity contribution is 5.85. The van der Waals surface area contributed by atoms with Crippen LogP contribution >= 0.6 is 0 Å². The number of carbonyl (C=O) groups is 2. The van der Waals surface area contributed by atoms with Gasteiger partial charge in [-0.15, -0.1) is 0 Å². The van der Waals surface area contributed by atoms with Crippen molar-refractivity contribution in [1.29, 1.82) is 0 Å². The Labute approximate surface area is 184 Å². The standard InChI is InChI=1S/C25H32N2O4/c1-30-24(28)20-23-25(29)27(18-19-31-23)26(16-8-14-21-10-4-2-5-11-21)17-9-15-22-12-6-3-7-13-22/h2-7,10-13,23H,8-9,14-20H2,1H3/t23-/m1/s1. The lowest BCUT2D eigenvalue weighted by molar-refractivity contribution is -0.180. The number of nitrogens with zero attached hydrogens (tertiary/aromatic N) is 2. The van der Waals surface area contributed by atoms with E-state index in [0.717, 1.165) is 38.8 Å². The van der Waals surface area contributed by atoms with E-state index in [1.165, 1.54) is 18.2 Å². The summed E-state index contributed by atoms with van der Waals surface area (Å²) in [5.74, 6) is -0.587. The number of amides is 1. The molecule has 0 spiro atoms. The van der Waals surface area contributed by atoms with Crippen molar-refractivity contribution < 1.29 is 19.1 Å². The molecule has 1 atom stereocenters. The van der Waals surface area contributed by atoms with Crippen LogP contribution in [-0.4, -0.2) is 61.3 Å². The second-order valence-electron chi connectivity index (χ2n) is 7.73. The molecule has 2 aromatic carbocycles. The Bertz CT molecular complexity index is 767. The average Bonchev–Trinajstić information content (AvgIpc) is 2.81. The number of carbonyl (C=O) groups excluding carboxylic acids is 2. The summed E-state index contributed by atoms with van der Waals surface area (Å²) in [5.41, 5.74) is 2.59. The van der Waals surface area contributed by atoms with Crippen molar-refractivity contribution in [3.63, 3.8) is 0 Å². The summed E-state index contributed by atoms with van der Waals surface area (Å²) in [5, 5.41) is 3.92. The molecule has 0 radical (unpaired) electrons. The smallest absolute Gasteiger partial charge is 0.308 e. The van der Waals surface area contributed by atoms with Gasteiger partial charge < -0.3 is 9.47 Å². The van der Waals surface area contributed by atoms with Crippen molar-refractivity contribution in [2.45, 2.75) is 38.2 Å². The fourth-order valence-electron chi connectivity index (χ4n) is 3.86. The molecular formula is C25H32N2O4. The van der Waals surface area contributed by atoms with Crippen LogP contribution in [-0.2, 0) is 31.9 Å². The molecule has 3 rings (SSSR count). The van der Waals surface area contributed by atoms with E-state index in [0.29, 0.717) is 13.2 Å². The van der Waals surface area contributed by atoms with Crippen LogP contribution in [0.15, 0.2) is 60.7 Å². The molecule has 31 heavy (non-hydrogen) atoms. The number of morpholine rings is 1. The Morgan fingerprint density at radius 3 is 2.06 bits per heavy atom. The summed E-state index contributed by atoms with van der Waals surface area (Å²) in [6.45, 7) is 2.48. The van der Waals surface area contributed by atoms with Crippen molar-refractivity contribution in [2.24, 2.45) is 0 Å². The van der Waals surface area contributed by atoms with Crippen LogP contribution in [0.25, 0.3) is 0 Å². The van der Waals surface area contributed by atoms with Gasteiger partial charge in [0.05, 0.1) is 26.7 Å². The summed E-state index contributed by atoms with van der Waals surface area (Å²) < 4.78 is 10.3. The summed E-state index contributed by atoms with van der Waals surface area (Å²) >= 11 is 0. The Balaban J connectivity index is 1.61. The van der Waals surface area contributed by atoms with E-state index in [1.807, 2.05) is 12.1 Å². The molecule has 1 aliphatic rings. The zero-order valence-corrected chi connectivity index (χ0v) is 18.2. The van der Waals surface area contributed by atoms with Crippen molar-refractivity contribution >= 4 is 11.9 Å². The number of hydrazine groups is 1. The highest BCUT2D eigenvalue weighted by Crippen LogP contribution is 2.16. The van der Waals surface area contributed by atoms with Crippen molar-refractivity contribution in [2.75, 3.05) is 33.4 Å². The van der Waals surface area contributed by atoms with Gasteiger partial charge in [0.1, 0.15) is 6.10 Å². The average molecular weight is 425 g/mol. The number of esters is 1. The molecule has 1 heterocycles. The number of rotatable bonds is 11. The van der Waals surface area contributed by atoms with Gasteiger partial charge in [0.2, 0.25) is 0 Å². The fraction of sp³-hybridized carbons (Fsp3) is 0.440. The maximum Gasteiger partial charge on any atom is 0.308 e. The topological polar surface area (TPSA) is 59.1 Å². The van der Waals surface area contributed by atoms with E-state index in [-0.39, 0.29) is 12.3 Å². The molecule has 1 fully saturated rings. The monoisotopic (exact) mass is 424 g/mol. The first-order valence-electron chi connectivity index (χ1n) is 11.0. The van der Waals surface area contributed by atoms with E-state index in [2.05, 4.69) is 53.5 Å². The van der Waals surface area contributed by atoms with Crippen LogP contribution in [0.2, 0.25) is 0 Å². The third kappa shape index (κ3) is 7.19. The normalized spacial score (nSPS) is 16.5. The fourth-order valence-corrected chi connectivity index (χ4v) is 3.86. The minimum absolute atomic E-state index is 0.0479. The Hall–Kier alpha value is -2.70. The third-order valence-electron chi connectivity index (χ3n) is 5.52. The lowest BCUT2D eigenvalue weighted by Crippen LogP contribution is -2.56. The maximum atomic E-state index is 13.0. The molecule has 0 N–H and O–H groups in total. The first-order chi connectivity index (χ1) is 15.2. The number of hydrogen-bond donors (Lipinski definition) is 0. The van der Waals surface area contributed by atoms with Gasteiger partial charge in [0.15, 0.2) is 0 Å². The lowest BCUT2D eigenvalue weighted by atomic mass is 10.1. The van der Waals surface area contributed by atoms with Gasteiger partial charge in [-0.25, -0.2) is 5.01 Å². The van der Waals surface area contributed by atoms with Gasteiger partial charge in [-0.2, -0.15) is 0 Å². The first-order valence-corrected chi connectivity index (χ1v) is 11.0. The van der Waals surface area contributed by atoms with Crippen molar-refractivity contribution in [3.8, 4) is 0 Å². The van der Waals surface area contributed by atoms with Crippen molar-refractivity contribution in [3.05, 3.63) is 71.8 Å². The zero-order chi connectivity index (χ0) is 21.9. The van der Waals surface area contributed by atoms with E-state index in [4.69, 9.17) is 9.47 Å². The molecule has 0 aromatic heterocycles. The maximum absolute atomic E-state index is 13.0. The third-order valence-corrected chi connectivity index (χ3v) is 5.52. The predicted molar refractivity (Wildman–Crippen MR) is 119 cm³/mol. The highest BCUT2D eigenvalue weighted by Gasteiger charge is 2.34. The number of methoxy groups -OCH3 is 1. The Kier molecular flexibility index (Phi) is 9.06. The first kappa shape index (κ1) is 23.0. The largest absolute Gasteiger partial charge is 0.469 e. The second-order valence-corrected chi connectivity index (χ2v) is 7.73. The summed E-state index contributed by atoms with van der Waals surface area (Å²) in [7, 11) is 1.33. The molecule has 1 aliphatic heterocycles. The van der Waals surface area contributed by atoms with Crippen molar-refractivity contribution in [1.82, 2.24) is 10.0 Å². The lowest BCUT2D eigenvalue weighted by Gasteiger charge is -2.40. The highest BCUT2D eigenvalue weighted by atomic mass is 16.5. The minimum atomic E-state index is -0.771. The number of ether oxygens (including phenoxy) is 2. The minimum Gasteiger partial charge on any atom is -0.469 e. The van der Waals surface area contributed by atoms with Crippen LogP contribution in [0.5, 0.6) is 0 Å². The van der Waals surface area contributed by atoms with E-state index < -0.39 is 12.1 Å². The molecule has 6 heteroatoms. The van der Waals surface area contributed by atoms with Gasteiger partial charge in [-0.1, -0.05) is 60.7 Å². The SMILES string of the molecule is COC(=O)C[C@H]1OCCN(N(CCCc2ccccc2)CCCc2ccccc2)C1=O. The molecular weight excluding hydrogens is 392 g/mol. The summed E-state index contributed by atoms with van der Waals surface area (Å²) in [6, 6.07) is 20.8. The van der Waals surface area contributed by atoms with Gasteiger partial charge in [-0.3, -0.25) is 14.6 Å². The van der Waals surface area contributed by atoms with Crippen LogP contribution in [0.3, 0.4) is 0 Å². The number of hydrogen-bond acceptors (Lipinski definition) is 5. The van der Waals surface area contributed by atoms with Gasteiger partial charge >= 0.3 is 5.97 Å². The molecule has 0 unspecified atom stereocenters. The molecule has 2 aromatic rings. The van der Waals surface area contributed by atoms with Crippen LogP contribution < -0.4 is 0 Å². The number of benzene rings is 2. The molecule has 0 aliphatic carbocycles. The van der Waals surface area contributed by atoms with Gasteiger partial charge in [0.25, 0.3) is 5.91 Å². The molecule has 1 amide bonds. The molecule has 0 bridgehead atoms. The molecule has 6 nitrogen and oxygen atoms in total. The zero-order valence-electron chi connectivity index (χ0n) is 18.2. The molecule has 0 saturated carbocycles. The predicted octanol–water partition coefficient (Wildman–Crippen LogP) is 3.26. The van der Waals surface area contributed by atoms with Gasteiger partial charge in [-0.05, 0) is 36.8 Å². The van der Waals surface area contributed by atoms with Gasteiger partial charge in [0, 0.05) is 13.1 Å². The summed E-state index contributed by atoms with van der Waals surface area (Å²) in [6.07, 6.45) is 2.99. The number of aryl methyl sites for hydroxylation is 2. The Morgan fingerprint density at radius 1 is 1.00 bits per heavy atom.